The fraction of sp³-hybridized carbons (Fsp3) is 0.739. The van der Waals surface area contributed by atoms with E-state index in [1.165, 1.54) is 0 Å². The van der Waals surface area contributed by atoms with Gasteiger partial charge in [0.1, 0.15) is 20.8 Å². The zero-order chi connectivity index (χ0) is 30.2. The van der Waals surface area contributed by atoms with Gasteiger partial charge in [0.05, 0.1) is 39.6 Å². The van der Waals surface area contributed by atoms with Gasteiger partial charge in [-0.2, -0.15) is 0 Å². The van der Waals surface area contributed by atoms with E-state index in [4.69, 9.17) is 26.5 Å². The molecule has 0 saturated heterocycles. The fourth-order valence-corrected chi connectivity index (χ4v) is 3.81. The summed E-state index contributed by atoms with van der Waals surface area (Å²) in [6.07, 6.45) is -0.224. The van der Waals surface area contributed by atoms with Crippen molar-refractivity contribution in [1.29, 1.82) is 0 Å². The first kappa shape index (κ1) is 38.9. The van der Waals surface area contributed by atoms with Gasteiger partial charge in [0.2, 0.25) is 17.7 Å². The van der Waals surface area contributed by atoms with E-state index < -0.39 is 25.5 Å². The highest BCUT2D eigenvalue weighted by Gasteiger charge is 2.23. The first-order chi connectivity index (χ1) is 19.1. The minimum absolute atomic E-state index is 0.0453. The largest absolute Gasteiger partial charge is 0.825 e. The molecule has 0 aromatic carbocycles. The number of carbonyl (C=O) groups excluding carboxylic acids is 5. The molecule has 226 valence electrons. The Morgan fingerprint density at radius 2 is 1.55 bits per heavy atom. The Kier molecular flexibility index (Phi) is 25.0. The topological polar surface area (TPSA) is 181 Å². The van der Waals surface area contributed by atoms with Gasteiger partial charge in [0.15, 0.2) is 11.3 Å². The molecular formula is C23H38BIN3O10P2-. The molecule has 0 fully saturated rings. The molecule has 0 spiro atoms. The lowest BCUT2D eigenvalue weighted by Gasteiger charge is -2.17. The van der Waals surface area contributed by atoms with Gasteiger partial charge in [-0.25, -0.2) is 0 Å². The van der Waals surface area contributed by atoms with Crippen molar-refractivity contribution < 1.29 is 48.0 Å². The number of amides is 3. The van der Waals surface area contributed by atoms with Crippen molar-refractivity contribution in [3.8, 4) is 0 Å². The number of carbonyl (C=O) groups is 5. The first-order valence-electron chi connectivity index (χ1n) is 12.6. The van der Waals surface area contributed by atoms with Gasteiger partial charge in [-0.3, -0.25) is 24.0 Å². The van der Waals surface area contributed by atoms with Crippen LogP contribution in [0.1, 0.15) is 26.2 Å². The third kappa shape index (κ3) is 22.6. The second-order valence-corrected chi connectivity index (χ2v) is 12.1. The number of ketones is 1. The first-order valence-corrected chi connectivity index (χ1v) is 18.1. The predicted molar refractivity (Wildman–Crippen MR) is 160 cm³/mol. The molecule has 13 nitrogen and oxygen atoms in total. The van der Waals surface area contributed by atoms with Crippen molar-refractivity contribution in [2.75, 3.05) is 79.2 Å². The molecule has 0 rings (SSSR count). The molecule has 0 aliphatic rings. The molecule has 0 aromatic heterocycles. The number of hydrogen-bond donors (Lipinski definition) is 3. The molecule has 0 bridgehead atoms. The second-order valence-electron chi connectivity index (χ2n) is 8.22. The Balaban J connectivity index is 4.34. The van der Waals surface area contributed by atoms with Gasteiger partial charge in [0, 0.05) is 38.5 Å². The molecule has 2 unspecified atom stereocenters. The van der Waals surface area contributed by atoms with Crippen molar-refractivity contribution >= 4 is 77.8 Å². The maximum atomic E-state index is 12.6. The van der Waals surface area contributed by atoms with Crippen molar-refractivity contribution in [2.45, 2.75) is 26.2 Å². The van der Waals surface area contributed by atoms with E-state index in [0.29, 0.717) is 25.7 Å². The summed E-state index contributed by atoms with van der Waals surface area (Å²) in [4.78, 5) is 60.4. The third-order valence-electron chi connectivity index (χ3n) is 4.92. The Morgan fingerprint density at radius 1 is 0.900 bits per heavy atom. The van der Waals surface area contributed by atoms with Crippen LogP contribution in [0.15, 0.2) is 0 Å². The number of rotatable bonds is 25. The van der Waals surface area contributed by atoms with Crippen LogP contribution >= 0.6 is 35.7 Å². The minimum Gasteiger partial charge on any atom is -0.825 e. The summed E-state index contributed by atoms with van der Waals surface area (Å²) < 4.78 is 20.9. The molecule has 0 aromatic rings. The molecule has 0 heterocycles. The highest BCUT2D eigenvalue weighted by atomic mass is 127. The Labute approximate surface area is 252 Å². The minimum atomic E-state index is -1.36. The van der Waals surface area contributed by atoms with Gasteiger partial charge >= 0.3 is 0 Å². The molecule has 40 heavy (non-hydrogen) atoms. The zero-order valence-corrected chi connectivity index (χ0v) is 26.9. The summed E-state index contributed by atoms with van der Waals surface area (Å²) in [5.74, 6) is -1.97. The van der Waals surface area contributed by atoms with E-state index in [1.54, 1.807) is 6.66 Å². The molecule has 2 radical (unpaired) electrons. The second kappa shape index (κ2) is 25.6. The summed E-state index contributed by atoms with van der Waals surface area (Å²) in [5, 5.41) is 19.0. The molecule has 17 heteroatoms. The number of ether oxygens (including phenoxy) is 4. The lowest BCUT2D eigenvalue weighted by atomic mass is 9.96. The van der Waals surface area contributed by atoms with Crippen LogP contribution < -0.4 is 21.1 Å². The van der Waals surface area contributed by atoms with Gasteiger partial charge in [0.25, 0.3) is 0 Å². The standard InChI is InChI=1S/C23H39BIN3O10P2/c1-3-35-8-10-38-16-20(31)26-6-7-36-9-11-37-15-18(29)12-17(23(34)28-14-22(33)40(2)24)4-5-19(30)27-13-21(32)39-25/h17,32H,3-16H2,1-2H3,(H,26,31)(H,27,30)(H,28,34)/p-1. The highest BCUT2D eigenvalue weighted by molar-refractivity contribution is 14.2. The van der Waals surface area contributed by atoms with Crippen molar-refractivity contribution in [3.63, 3.8) is 0 Å². The van der Waals surface area contributed by atoms with Crippen LogP contribution in [0.4, 0.5) is 0 Å². The monoisotopic (exact) mass is 716 g/mol. The maximum absolute atomic E-state index is 12.6. The van der Waals surface area contributed by atoms with Gasteiger partial charge in [-0.1, -0.05) is 7.80 Å². The number of Topliss-reactive ketones (excluding diaryl/α,β-unsaturated/α-hetero) is 1. The van der Waals surface area contributed by atoms with Crippen molar-refractivity contribution in [1.82, 2.24) is 16.0 Å². The summed E-state index contributed by atoms with van der Waals surface area (Å²) in [7, 11) is 4.21. The number of halogens is 1. The summed E-state index contributed by atoms with van der Waals surface area (Å²) in [5.41, 5.74) is -0.476. The normalized spacial score (nSPS) is 12.8. The summed E-state index contributed by atoms with van der Waals surface area (Å²) in [6, 6.07) is 0. The van der Waals surface area contributed by atoms with Gasteiger partial charge in [-0.15, -0.1) is 5.48 Å². The highest BCUT2D eigenvalue weighted by Crippen LogP contribution is 2.23. The number of hydrogen-bond acceptors (Lipinski definition) is 10. The summed E-state index contributed by atoms with van der Waals surface area (Å²) >= 11 is 1.87. The molecule has 3 N–H and O–H groups in total. The third-order valence-corrected chi connectivity index (χ3v) is 7.82. The van der Waals surface area contributed by atoms with Gasteiger partial charge < -0.3 is 40.0 Å². The lowest BCUT2D eigenvalue weighted by Crippen LogP contribution is -2.37. The zero-order valence-electron chi connectivity index (χ0n) is 22.9. The molecule has 2 atom stereocenters. The van der Waals surface area contributed by atoms with Crippen LogP contribution in [0, 0.1) is 5.92 Å². The molecule has 0 aliphatic carbocycles. The van der Waals surface area contributed by atoms with E-state index in [0.717, 1.165) is 0 Å². The molecule has 3 amide bonds. The van der Waals surface area contributed by atoms with Crippen LogP contribution in [-0.2, 0) is 42.9 Å². The van der Waals surface area contributed by atoms with Crippen LogP contribution in [0.2, 0.25) is 0 Å². The number of nitrogens with one attached hydrogen (secondary N) is 3. The average Bonchev–Trinajstić information content (AvgIpc) is 2.93. The average molecular weight is 716 g/mol. The van der Waals surface area contributed by atoms with E-state index in [1.807, 2.05) is 29.0 Å². The Hall–Kier alpha value is -1.06. The Morgan fingerprint density at radius 3 is 2.20 bits per heavy atom. The van der Waals surface area contributed by atoms with E-state index in [2.05, 4.69) is 16.0 Å². The van der Waals surface area contributed by atoms with Crippen molar-refractivity contribution in [2.24, 2.45) is 5.92 Å². The Bertz CT molecular complexity index is 824. The van der Waals surface area contributed by atoms with Crippen LogP contribution in [0.5, 0.6) is 0 Å². The molecule has 0 saturated carbocycles. The van der Waals surface area contributed by atoms with E-state index >= 15 is 0 Å². The maximum Gasteiger partial charge on any atom is 0.246 e. The molecular weight excluding hydrogens is 678 g/mol. The van der Waals surface area contributed by atoms with Crippen molar-refractivity contribution in [3.05, 3.63) is 0 Å². The predicted octanol–water partition coefficient (Wildman–Crippen LogP) is -0.715. The smallest absolute Gasteiger partial charge is 0.246 e. The molecule has 0 aliphatic heterocycles. The van der Waals surface area contributed by atoms with Crippen LogP contribution in [-0.4, -0.2) is 121 Å². The lowest BCUT2D eigenvalue weighted by molar-refractivity contribution is -0.211. The van der Waals surface area contributed by atoms with Crippen LogP contribution in [0.3, 0.4) is 0 Å². The SMILES string of the molecule is [B]P(C)C(=O)CNC(=O)C(CCC(=O)NCC([O-])=PI)CC(=O)COCCOCCNC(=O)COCCOCC. The van der Waals surface area contributed by atoms with E-state index in [9.17, 15) is 29.1 Å². The van der Waals surface area contributed by atoms with E-state index in [-0.39, 0.29) is 94.6 Å². The quantitative estimate of drug-likeness (QED) is 0.0473. The fourth-order valence-electron chi connectivity index (χ4n) is 2.84. The van der Waals surface area contributed by atoms with Gasteiger partial charge in [-0.05, 0) is 47.9 Å². The van der Waals surface area contributed by atoms with Crippen LogP contribution in [0.25, 0.3) is 0 Å². The summed E-state index contributed by atoms with van der Waals surface area (Å²) in [6.45, 7) is 4.92.